The van der Waals surface area contributed by atoms with E-state index in [1.54, 1.807) is 7.11 Å². The molecule has 0 bridgehead atoms. The van der Waals surface area contributed by atoms with E-state index in [-0.39, 0.29) is 6.10 Å². The maximum absolute atomic E-state index is 10.3. The van der Waals surface area contributed by atoms with E-state index in [4.69, 9.17) is 14.2 Å². The SMILES string of the molecule is COc1ccc2c(c1)[C@@H](O)CC(C1CCOCC1)O2. The van der Waals surface area contributed by atoms with Gasteiger partial charge in [-0.25, -0.2) is 0 Å². The van der Waals surface area contributed by atoms with Crippen molar-refractivity contribution in [3.8, 4) is 11.5 Å². The van der Waals surface area contributed by atoms with E-state index in [1.807, 2.05) is 18.2 Å². The summed E-state index contributed by atoms with van der Waals surface area (Å²) < 4.78 is 16.6. The molecule has 2 heterocycles. The molecule has 4 heteroatoms. The van der Waals surface area contributed by atoms with E-state index < -0.39 is 6.10 Å². The number of hydrogen-bond acceptors (Lipinski definition) is 4. The highest BCUT2D eigenvalue weighted by Crippen LogP contribution is 2.40. The van der Waals surface area contributed by atoms with Crippen molar-refractivity contribution in [2.24, 2.45) is 5.92 Å². The molecule has 4 nitrogen and oxygen atoms in total. The number of methoxy groups -OCH3 is 1. The van der Waals surface area contributed by atoms with Crippen molar-refractivity contribution in [2.45, 2.75) is 31.5 Å². The molecule has 2 aliphatic rings. The van der Waals surface area contributed by atoms with Gasteiger partial charge in [0.15, 0.2) is 0 Å². The van der Waals surface area contributed by atoms with Gasteiger partial charge < -0.3 is 19.3 Å². The van der Waals surface area contributed by atoms with Gasteiger partial charge in [0.1, 0.15) is 17.6 Å². The van der Waals surface area contributed by atoms with Crippen molar-refractivity contribution in [1.82, 2.24) is 0 Å². The summed E-state index contributed by atoms with van der Waals surface area (Å²) in [5, 5.41) is 10.3. The smallest absolute Gasteiger partial charge is 0.125 e. The van der Waals surface area contributed by atoms with E-state index in [0.29, 0.717) is 12.3 Å². The predicted octanol–water partition coefficient (Wildman–Crippen LogP) is 2.31. The second-order valence-corrected chi connectivity index (χ2v) is 5.26. The first-order valence-corrected chi connectivity index (χ1v) is 6.88. The second kappa shape index (κ2) is 5.39. The van der Waals surface area contributed by atoms with Crippen LogP contribution in [-0.2, 0) is 4.74 Å². The third-order valence-corrected chi connectivity index (χ3v) is 4.10. The van der Waals surface area contributed by atoms with Gasteiger partial charge in [0.05, 0.1) is 13.2 Å². The fourth-order valence-electron chi connectivity index (χ4n) is 2.96. The van der Waals surface area contributed by atoms with Gasteiger partial charge in [0.2, 0.25) is 0 Å². The first-order chi connectivity index (χ1) is 9.28. The first kappa shape index (κ1) is 12.8. The summed E-state index contributed by atoms with van der Waals surface area (Å²) in [5.41, 5.74) is 0.836. The van der Waals surface area contributed by atoms with Crippen LogP contribution < -0.4 is 9.47 Å². The lowest BCUT2D eigenvalue weighted by molar-refractivity contribution is -0.0151. The van der Waals surface area contributed by atoms with E-state index >= 15 is 0 Å². The number of ether oxygens (including phenoxy) is 3. The molecule has 1 unspecified atom stereocenters. The van der Waals surface area contributed by atoms with Crippen LogP contribution in [0.5, 0.6) is 11.5 Å². The van der Waals surface area contributed by atoms with Gasteiger partial charge in [-0.15, -0.1) is 0 Å². The number of fused-ring (bicyclic) bond motifs is 1. The Morgan fingerprint density at radius 3 is 2.79 bits per heavy atom. The maximum atomic E-state index is 10.3. The highest BCUT2D eigenvalue weighted by atomic mass is 16.5. The predicted molar refractivity (Wildman–Crippen MR) is 70.5 cm³/mol. The van der Waals surface area contributed by atoms with Crippen LogP contribution in [0.3, 0.4) is 0 Å². The fourth-order valence-corrected chi connectivity index (χ4v) is 2.96. The van der Waals surface area contributed by atoms with Crippen molar-refractivity contribution >= 4 is 0 Å². The van der Waals surface area contributed by atoms with Crippen LogP contribution in [-0.4, -0.2) is 31.5 Å². The molecule has 0 saturated carbocycles. The average Bonchev–Trinajstić information content (AvgIpc) is 2.48. The van der Waals surface area contributed by atoms with Crippen molar-refractivity contribution in [3.05, 3.63) is 23.8 Å². The number of aliphatic hydroxyl groups excluding tert-OH is 1. The Balaban J connectivity index is 1.79. The molecule has 1 saturated heterocycles. The Morgan fingerprint density at radius 1 is 1.26 bits per heavy atom. The van der Waals surface area contributed by atoms with E-state index in [2.05, 4.69) is 0 Å². The summed E-state index contributed by atoms with van der Waals surface area (Å²) >= 11 is 0. The molecule has 1 N–H and O–H groups in total. The molecular weight excluding hydrogens is 244 g/mol. The molecule has 104 valence electrons. The van der Waals surface area contributed by atoms with Crippen molar-refractivity contribution in [1.29, 1.82) is 0 Å². The Kier molecular flexibility index (Phi) is 3.62. The Hall–Kier alpha value is -1.26. The minimum absolute atomic E-state index is 0.0970. The molecule has 3 rings (SSSR count). The molecular formula is C15H20O4. The van der Waals surface area contributed by atoms with Crippen LogP contribution in [0.25, 0.3) is 0 Å². The second-order valence-electron chi connectivity index (χ2n) is 5.26. The summed E-state index contributed by atoms with van der Waals surface area (Å²) in [5.74, 6) is 2.03. The van der Waals surface area contributed by atoms with Crippen LogP contribution in [0, 0.1) is 5.92 Å². The topological polar surface area (TPSA) is 47.9 Å². The minimum Gasteiger partial charge on any atom is -0.497 e. The zero-order chi connectivity index (χ0) is 13.2. The number of rotatable bonds is 2. The monoisotopic (exact) mass is 264 g/mol. The minimum atomic E-state index is -0.466. The number of benzene rings is 1. The van der Waals surface area contributed by atoms with Crippen LogP contribution in [0.4, 0.5) is 0 Å². The number of hydrogen-bond donors (Lipinski definition) is 1. The third-order valence-electron chi connectivity index (χ3n) is 4.10. The quantitative estimate of drug-likeness (QED) is 0.890. The zero-order valence-electron chi connectivity index (χ0n) is 11.2. The molecule has 2 aliphatic heterocycles. The van der Waals surface area contributed by atoms with Crippen molar-refractivity contribution in [2.75, 3.05) is 20.3 Å². The van der Waals surface area contributed by atoms with Gasteiger partial charge in [-0.3, -0.25) is 0 Å². The molecule has 1 aromatic rings. The molecule has 0 aromatic heterocycles. The maximum Gasteiger partial charge on any atom is 0.125 e. The first-order valence-electron chi connectivity index (χ1n) is 6.88. The summed E-state index contributed by atoms with van der Waals surface area (Å²) in [4.78, 5) is 0. The van der Waals surface area contributed by atoms with Gasteiger partial charge in [0.25, 0.3) is 0 Å². The molecule has 0 spiro atoms. The Labute approximate surface area is 113 Å². The molecule has 1 fully saturated rings. The third kappa shape index (κ3) is 2.55. The molecule has 0 amide bonds. The van der Waals surface area contributed by atoms with Crippen molar-refractivity contribution in [3.63, 3.8) is 0 Å². The van der Waals surface area contributed by atoms with Gasteiger partial charge in [-0.2, -0.15) is 0 Å². The van der Waals surface area contributed by atoms with E-state index in [1.165, 1.54) is 0 Å². The lowest BCUT2D eigenvalue weighted by Crippen LogP contribution is -2.36. The highest BCUT2D eigenvalue weighted by molar-refractivity contribution is 5.43. The lowest BCUT2D eigenvalue weighted by atomic mass is 9.87. The van der Waals surface area contributed by atoms with Crippen LogP contribution >= 0.6 is 0 Å². The number of aliphatic hydroxyl groups is 1. The molecule has 0 radical (unpaired) electrons. The van der Waals surface area contributed by atoms with Gasteiger partial charge in [0, 0.05) is 31.1 Å². The lowest BCUT2D eigenvalue weighted by Gasteiger charge is -2.36. The molecule has 19 heavy (non-hydrogen) atoms. The average molecular weight is 264 g/mol. The standard InChI is InChI=1S/C15H20O4/c1-17-11-2-3-14-12(8-11)13(16)9-15(19-14)10-4-6-18-7-5-10/h2-3,8,10,13,15-16H,4-7,9H2,1H3/t13-,15?/m0/s1. The summed E-state index contributed by atoms with van der Waals surface area (Å²) in [6.45, 7) is 1.60. The summed E-state index contributed by atoms with van der Waals surface area (Å²) in [6, 6.07) is 5.63. The van der Waals surface area contributed by atoms with Crippen LogP contribution in [0.15, 0.2) is 18.2 Å². The van der Waals surface area contributed by atoms with Crippen LogP contribution in [0.2, 0.25) is 0 Å². The Bertz CT molecular complexity index is 440. The van der Waals surface area contributed by atoms with Gasteiger partial charge >= 0.3 is 0 Å². The van der Waals surface area contributed by atoms with Gasteiger partial charge in [-0.1, -0.05) is 0 Å². The molecule has 2 atom stereocenters. The summed E-state index contributed by atoms with van der Waals surface area (Å²) in [6.07, 6.45) is 2.32. The van der Waals surface area contributed by atoms with Gasteiger partial charge in [-0.05, 0) is 31.0 Å². The highest BCUT2D eigenvalue weighted by Gasteiger charge is 2.33. The normalized spacial score (nSPS) is 27.5. The van der Waals surface area contributed by atoms with Crippen molar-refractivity contribution < 1.29 is 19.3 Å². The molecule has 1 aromatic carbocycles. The van der Waals surface area contributed by atoms with E-state index in [0.717, 1.165) is 43.1 Å². The largest absolute Gasteiger partial charge is 0.497 e. The zero-order valence-corrected chi connectivity index (χ0v) is 11.2. The fraction of sp³-hybridized carbons (Fsp3) is 0.600. The Morgan fingerprint density at radius 2 is 2.05 bits per heavy atom. The molecule has 0 aliphatic carbocycles. The van der Waals surface area contributed by atoms with Crippen LogP contribution in [0.1, 0.15) is 30.9 Å². The van der Waals surface area contributed by atoms with E-state index in [9.17, 15) is 5.11 Å². The summed E-state index contributed by atoms with van der Waals surface area (Å²) in [7, 11) is 1.63.